The maximum absolute atomic E-state index is 12.7. The number of benzene rings is 2. The molecule has 2 aromatic heterocycles. The maximum atomic E-state index is 12.7. The Labute approximate surface area is 173 Å². The molecular weight excluding hydrogens is 382 g/mol. The zero-order valence-corrected chi connectivity index (χ0v) is 17.1. The van der Waals surface area contributed by atoms with Crippen LogP contribution in [0.4, 0.5) is 5.69 Å². The Morgan fingerprint density at radius 2 is 1.83 bits per heavy atom. The highest BCUT2D eigenvalue weighted by Gasteiger charge is 2.20. The first-order chi connectivity index (χ1) is 14.2. The zero-order chi connectivity index (χ0) is 20.2. The van der Waals surface area contributed by atoms with E-state index in [4.69, 9.17) is 0 Å². The summed E-state index contributed by atoms with van der Waals surface area (Å²) in [7, 11) is 0. The third kappa shape index (κ3) is 4.14. The molecule has 1 N–H and O–H groups in total. The summed E-state index contributed by atoms with van der Waals surface area (Å²) in [6, 6.07) is 17.8. The van der Waals surface area contributed by atoms with Gasteiger partial charge in [-0.15, -0.1) is 10.2 Å². The summed E-state index contributed by atoms with van der Waals surface area (Å²) in [6.45, 7) is 4.63. The Kier molecular flexibility index (Phi) is 5.57. The lowest BCUT2D eigenvalue weighted by molar-refractivity contribution is -0.115. The summed E-state index contributed by atoms with van der Waals surface area (Å²) in [5.41, 5.74) is 1.74. The first-order valence-corrected chi connectivity index (χ1v) is 10.3. The number of fused-ring (bicyclic) bond motifs is 1. The first kappa shape index (κ1) is 19.1. The SMILES string of the molecule is CCn1c(S[C@@H](C)C(=O)Nc2ccc3ccccc3c2)nnc1-c1ccncc1. The van der Waals surface area contributed by atoms with Gasteiger partial charge >= 0.3 is 0 Å². The quantitative estimate of drug-likeness (QED) is 0.475. The molecule has 0 aliphatic rings. The highest BCUT2D eigenvalue weighted by atomic mass is 32.2. The lowest BCUT2D eigenvalue weighted by Gasteiger charge is -2.13. The number of hydrogen-bond acceptors (Lipinski definition) is 5. The van der Waals surface area contributed by atoms with Gasteiger partial charge < -0.3 is 9.88 Å². The van der Waals surface area contributed by atoms with Crippen molar-refractivity contribution in [2.45, 2.75) is 30.8 Å². The molecule has 0 radical (unpaired) electrons. The second-order valence-electron chi connectivity index (χ2n) is 6.60. The molecule has 4 rings (SSSR count). The lowest BCUT2D eigenvalue weighted by Crippen LogP contribution is -2.23. The van der Waals surface area contributed by atoms with Crippen molar-refractivity contribution < 1.29 is 4.79 Å². The van der Waals surface area contributed by atoms with Crippen LogP contribution in [0.15, 0.2) is 72.1 Å². The van der Waals surface area contributed by atoms with E-state index in [-0.39, 0.29) is 11.2 Å². The molecule has 4 aromatic rings. The third-order valence-electron chi connectivity index (χ3n) is 4.64. The maximum Gasteiger partial charge on any atom is 0.237 e. The molecule has 2 heterocycles. The molecular formula is C22H21N5OS. The number of nitrogens with one attached hydrogen (secondary N) is 1. The van der Waals surface area contributed by atoms with Crippen LogP contribution in [0.3, 0.4) is 0 Å². The van der Waals surface area contributed by atoms with Crippen LogP contribution in [-0.4, -0.2) is 30.9 Å². The molecule has 0 saturated heterocycles. The number of carbonyl (C=O) groups is 1. The number of nitrogens with zero attached hydrogens (tertiary/aromatic N) is 4. The number of aromatic nitrogens is 4. The van der Waals surface area contributed by atoms with E-state index in [1.54, 1.807) is 12.4 Å². The Hall–Kier alpha value is -3.19. The molecule has 6 nitrogen and oxygen atoms in total. The van der Waals surface area contributed by atoms with Crippen LogP contribution in [0.1, 0.15) is 13.8 Å². The molecule has 0 unspecified atom stereocenters. The van der Waals surface area contributed by atoms with Crippen molar-refractivity contribution in [2.24, 2.45) is 0 Å². The van der Waals surface area contributed by atoms with Gasteiger partial charge in [-0.2, -0.15) is 0 Å². The van der Waals surface area contributed by atoms with Crippen molar-refractivity contribution in [3.63, 3.8) is 0 Å². The minimum Gasteiger partial charge on any atom is -0.325 e. The van der Waals surface area contributed by atoms with Crippen LogP contribution >= 0.6 is 11.8 Å². The summed E-state index contributed by atoms with van der Waals surface area (Å²) in [5.74, 6) is 0.709. The summed E-state index contributed by atoms with van der Waals surface area (Å²) >= 11 is 1.40. The molecule has 1 atom stereocenters. The number of carbonyl (C=O) groups excluding carboxylic acids is 1. The van der Waals surface area contributed by atoms with Gasteiger partial charge in [0.05, 0.1) is 5.25 Å². The molecule has 0 aliphatic heterocycles. The predicted octanol–water partition coefficient (Wildman–Crippen LogP) is 4.63. The fraction of sp³-hybridized carbons (Fsp3) is 0.182. The van der Waals surface area contributed by atoms with Gasteiger partial charge in [0.1, 0.15) is 0 Å². The van der Waals surface area contributed by atoms with Crippen molar-refractivity contribution >= 4 is 34.1 Å². The Morgan fingerprint density at radius 1 is 1.07 bits per heavy atom. The van der Waals surface area contributed by atoms with E-state index in [0.717, 1.165) is 33.0 Å². The molecule has 7 heteroatoms. The van der Waals surface area contributed by atoms with E-state index in [0.29, 0.717) is 6.54 Å². The van der Waals surface area contributed by atoms with Crippen molar-refractivity contribution in [1.82, 2.24) is 19.7 Å². The molecule has 2 aromatic carbocycles. The number of amides is 1. The minimum absolute atomic E-state index is 0.0682. The average Bonchev–Trinajstić information content (AvgIpc) is 3.16. The van der Waals surface area contributed by atoms with Gasteiger partial charge in [0.25, 0.3) is 0 Å². The molecule has 0 fully saturated rings. The monoisotopic (exact) mass is 403 g/mol. The second-order valence-corrected chi connectivity index (χ2v) is 7.91. The largest absolute Gasteiger partial charge is 0.325 e. The fourth-order valence-electron chi connectivity index (χ4n) is 3.10. The molecule has 0 bridgehead atoms. The lowest BCUT2D eigenvalue weighted by atomic mass is 10.1. The number of thioether (sulfide) groups is 1. The van der Waals surface area contributed by atoms with Gasteiger partial charge in [-0.3, -0.25) is 9.78 Å². The first-order valence-electron chi connectivity index (χ1n) is 9.45. The van der Waals surface area contributed by atoms with Crippen molar-refractivity contribution in [3.05, 3.63) is 67.0 Å². The fourth-order valence-corrected chi connectivity index (χ4v) is 4.01. The molecule has 0 spiro atoms. The van der Waals surface area contributed by atoms with Crippen LogP contribution in [-0.2, 0) is 11.3 Å². The standard InChI is InChI=1S/C22H21N5OS/c1-3-27-20(17-10-12-23-13-11-17)25-26-22(27)29-15(2)21(28)24-19-9-8-16-6-4-5-7-18(16)14-19/h4-15H,3H2,1-2H3,(H,24,28)/t15-/m0/s1. The van der Waals surface area contributed by atoms with Gasteiger partial charge in [-0.25, -0.2) is 0 Å². The number of hydrogen-bond donors (Lipinski definition) is 1. The Morgan fingerprint density at radius 3 is 2.59 bits per heavy atom. The van der Waals surface area contributed by atoms with Gasteiger partial charge in [0.15, 0.2) is 11.0 Å². The van der Waals surface area contributed by atoms with Crippen molar-refractivity contribution in [2.75, 3.05) is 5.32 Å². The van der Waals surface area contributed by atoms with E-state index in [9.17, 15) is 4.79 Å². The second kappa shape index (κ2) is 8.45. The molecule has 0 saturated carbocycles. The van der Waals surface area contributed by atoms with Gasteiger partial charge in [0.2, 0.25) is 5.91 Å². The van der Waals surface area contributed by atoms with Crippen LogP contribution in [0, 0.1) is 0 Å². The van der Waals surface area contributed by atoms with E-state index < -0.39 is 0 Å². The Bertz CT molecular complexity index is 1140. The highest BCUT2D eigenvalue weighted by Crippen LogP contribution is 2.27. The average molecular weight is 404 g/mol. The smallest absolute Gasteiger partial charge is 0.237 e. The van der Waals surface area contributed by atoms with E-state index >= 15 is 0 Å². The van der Waals surface area contributed by atoms with Gasteiger partial charge in [-0.05, 0) is 48.9 Å². The molecule has 1 amide bonds. The molecule has 146 valence electrons. The topological polar surface area (TPSA) is 72.7 Å². The van der Waals surface area contributed by atoms with E-state index in [1.165, 1.54) is 11.8 Å². The van der Waals surface area contributed by atoms with E-state index in [1.807, 2.05) is 66.9 Å². The minimum atomic E-state index is -0.318. The summed E-state index contributed by atoms with van der Waals surface area (Å²) in [6.07, 6.45) is 3.47. The molecule has 29 heavy (non-hydrogen) atoms. The van der Waals surface area contributed by atoms with Crippen LogP contribution in [0.2, 0.25) is 0 Å². The highest BCUT2D eigenvalue weighted by molar-refractivity contribution is 8.00. The normalized spacial score (nSPS) is 12.1. The zero-order valence-electron chi connectivity index (χ0n) is 16.2. The number of rotatable bonds is 6. The number of anilines is 1. The third-order valence-corrected chi connectivity index (χ3v) is 5.72. The van der Waals surface area contributed by atoms with Crippen molar-refractivity contribution in [3.8, 4) is 11.4 Å². The van der Waals surface area contributed by atoms with Crippen LogP contribution in [0.25, 0.3) is 22.2 Å². The number of pyridine rings is 1. The van der Waals surface area contributed by atoms with Gasteiger partial charge in [-0.1, -0.05) is 42.1 Å². The Balaban J connectivity index is 1.49. The molecule has 0 aliphatic carbocycles. The van der Waals surface area contributed by atoms with E-state index in [2.05, 4.69) is 26.6 Å². The predicted molar refractivity (Wildman–Crippen MR) is 117 cm³/mol. The summed E-state index contributed by atoms with van der Waals surface area (Å²) < 4.78 is 2.01. The van der Waals surface area contributed by atoms with Gasteiger partial charge in [0, 0.05) is 30.2 Å². The van der Waals surface area contributed by atoms with Crippen LogP contribution < -0.4 is 5.32 Å². The summed E-state index contributed by atoms with van der Waals surface area (Å²) in [4.78, 5) is 16.8. The summed E-state index contributed by atoms with van der Waals surface area (Å²) in [5, 5.41) is 14.3. The van der Waals surface area contributed by atoms with Crippen LogP contribution in [0.5, 0.6) is 0 Å². The van der Waals surface area contributed by atoms with Crippen molar-refractivity contribution in [1.29, 1.82) is 0 Å².